The SMILES string of the molecule is O=C1/C(=C2\Nc3ccc(F)cc3C2=O)Cc2ccc(F)cc21. The van der Waals surface area contributed by atoms with Gasteiger partial charge in [0.15, 0.2) is 5.78 Å². The van der Waals surface area contributed by atoms with Gasteiger partial charge in [-0.25, -0.2) is 8.78 Å². The predicted molar refractivity (Wildman–Crippen MR) is 75.8 cm³/mol. The van der Waals surface area contributed by atoms with Gasteiger partial charge in [-0.2, -0.15) is 0 Å². The molecule has 0 amide bonds. The molecule has 0 unspecified atom stereocenters. The van der Waals surface area contributed by atoms with Crippen LogP contribution in [0.3, 0.4) is 0 Å². The van der Waals surface area contributed by atoms with Crippen molar-refractivity contribution >= 4 is 17.3 Å². The van der Waals surface area contributed by atoms with E-state index in [9.17, 15) is 18.4 Å². The zero-order valence-corrected chi connectivity index (χ0v) is 11.2. The van der Waals surface area contributed by atoms with Gasteiger partial charge in [-0.3, -0.25) is 9.59 Å². The van der Waals surface area contributed by atoms with E-state index in [1.54, 1.807) is 6.07 Å². The minimum Gasteiger partial charge on any atom is -0.351 e. The van der Waals surface area contributed by atoms with Crippen LogP contribution in [0.25, 0.3) is 0 Å². The first kappa shape index (κ1) is 12.9. The Morgan fingerprint density at radius 3 is 2.32 bits per heavy atom. The van der Waals surface area contributed by atoms with Crippen molar-refractivity contribution in [3.63, 3.8) is 0 Å². The van der Waals surface area contributed by atoms with Crippen LogP contribution in [0, 0.1) is 11.6 Å². The fourth-order valence-electron chi connectivity index (χ4n) is 2.90. The number of ketones is 2. The Labute approximate surface area is 124 Å². The number of rotatable bonds is 0. The molecule has 0 saturated heterocycles. The number of carbonyl (C=O) groups is 2. The van der Waals surface area contributed by atoms with E-state index in [-0.39, 0.29) is 29.0 Å². The maximum Gasteiger partial charge on any atom is 0.211 e. The quantitative estimate of drug-likeness (QED) is 0.759. The van der Waals surface area contributed by atoms with Crippen molar-refractivity contribution < 1.29 is 18.4 Å². The summed E-state index contributed by atoms with van der Waals surface area (Å²) in [6, 6.07) is 7.85. The highest BCUT2D eigenvalue weighted by molar-refractivity contribution is 6.25. The molecule has 0 bridgehead atoms. The summed E-state index contributed by atoms with van der Waals surface area (Å²) in [4.78, 5) is 24.8. The van der Waals surface area contributed by atoms with Gasteiger partial charge in [0.1, 0.15) is 11.6 Å². The molecule has 1 N–H and O–H groups in total. The zero-order chi connectivity index (χ0) is 15.4. The summed E-state index contributed by atoms with van der Waals surface area (Å²) in [7, 11) is 0. The van der Waals surface area contributed by atoms with E-state index in [1.807, 2.05) is 0 Å². The summed E-state index contributed by atoms with van der Waals surface area (Å²) in [6.45, 7) is 0. The van der Waals surface area contributed by atoms with E-state index in [0.717, 1.165) is 6.07 Å². The summed E-state index contributed by atoms with van der Waals surface area (Å²) in [5.74, 6) is -1.78. The molecule has 4 rings (SSSR count). The van der Waals surface area contributed by atoms with Gasteiger partial charge in [-0.1, -0.05) is 6.07 Å². The third kappa shape index (κ3) is 1.72. The van der Waals surface area contributed by atoms with E-state index >= 15 is 0 Å². The summed E-state index contributed by atoms with van der Waals surface area (Å²) in [5.41, 5.74) is 2.09. The summed E-state index contributed by atoms with van der Waals surface area (Å²) >= 11 is 0. The highest BCUT2D eigenvalue weighted by atomic mass is 19.1. The van der Waals surface area contributed by atoms with E-state index in [0.29, 0.717) is 16.8 Å². The molecule has 2 aromatic rings. The molecule has 0 spiro atoms. The average Bonchev–Trinajstić information content (AvgIpc) is 2.98. The highest BCUT2D eigenvalue weighted by Crippen LogP contribution is 2.35. The van der Waals surface area contributed by atoms with Crippen molar-refractivity contribution in [3.8, 4) is 0 Å². The zero-order valence-electron chi connectivity index (χ0n) is 11.2. The predicted octanol–water partition coefficient (Wildman–Crippen LogP) is 3.27. The van der Waals surface area contributed by atoms with Gasteiger partial charge >= 0.3 is 0 Å². The number of benzene rings is 2. The standard InChI is InChI=1S/C17H9F2NO2/c18-9-2-1-8-5-13(16(21)11(8)6-9)15-17(22)12-7-10(19)3-4-14(12)20-15/h1-4,6-7,20H,5H2/b15-13-. The lowest BCUT2D eigenvalue weighted by molar-refractivity contribution is 0.101. The third-order valence-electron chi connectivity index (χ3n) is 3.97. The molecule has 0 fully saturated rings. The summed E-state index contributed by atoms with van der Waals surface area (Å²) < 4.78 is 26.6. The van der Waals surface area contributed by atoms with Crippen molar-refractivity contribution in [2.45, 2.75) is 6.42 Å². The Morgan fingerprint density at radius 1 is 0.864 bits per heavy atom. The molecule has 108 valence electrons. The van der Waals surface area contributed by atoms with E-state index in [4.69, 9.17) is 0 Å². The first-order valence-corrected chi connectivity index (χ1v) is 6.72. The Bertz CT molecular complexity index is 826. The first-order valence-electron chi connectivity index (χ1n) is 6.72. The molecule has 1 aliphatic carbocycles. The number of nitrogens with one attached hydrogen (secondary N) is 1. The van der Waals surface area contributed by atoms with Crippen LogP contribution in [-0.2, 0) is 6.42 Å². The van der Waals surface area contributed by atoms with Crippen LogP contribution in [0.2, 0.25) is 0 Å². The number of anilines is 1. The molecule has 0 atom stereocenters. The normalized spacial score (nSPS) is 19.2. The van der Waals surface area contributed by atoms with Crippen LogP contribution in [0.5, 0.6) is 0 Å². The van der Waals surface area contributed by atoms with E-state index < -0.39 is 17.4 Å². The second-order valence-electron chi connectivity index (χ2n) is 5.30. The molecule has 1 aliphatic heterocycles. The van der Waals surface area contributed by atoms with Gasteiger partial charge < -0.3 is 5.32 Å². The monoisotopic (exact) mass is 297 g/mol. The highest BCUT2D eigenvalue weighted by Gasteiger charge is 2.34. The Morgan fingerprint density at radius 2 is 1.55 bits per heavy atom. The molecular formula is C17H9F2NO2. The number of allylic oxidation sites excluding steroid dienone is 2. The van der Waals surface area contributed by atoms with Crippen LogP contribution in [0.15, 0.2) is 47.7 Å². The topological polar surface area (TPSA) is 46.2 Å². The molecule has 0 saturated carbocycles. The fraction of sp³-hybridized carbons (Fsp3) is 0.0588. The molecule has 0 aromatic heterocycles. The second-order valence-corrected chi connectivity index (χ2v) is 5.30. The van der Waals surface area contributed by atoms with Crippen LogP contribution < -0.4 is 5.32 Å². The molecule has 2 aromatic carbocycles. The van der Waals surface area contributed by atoms with E-state index in [2.05, 4.69) is 5.32 Å². The van der Waals surface area contributed by atoms with Gasteiger partial charge in [-0.15, -0.1) is 0 Å². The smallest absolute Gasteiger partial charge is 0.211 e. The molecule has 2 aliphatic rings. The number of fused-ring (bicyclic) bond motifs is 2. The molecule has 22 heavy (non-hydrogen) atoms. The molecular weight excluding hydrogens is 288 g/mol. The molecule has 3 nitrogen and oxygen atoms in total. The lowest BCUT2D eigenvalue weighted by atomic mass is 10.0. The number of carbonyl (C=O) groups excluding carboxylic acids is 2. The van der Waals surface area contributed by atoms with Crippen molar-refractivity contribution in [2.24, 2.45) is 0 Å². The van der Waals surface area contributed by atoms with Crippen LogP contribution >= 0.6 is 0 Å². The minimum absolute atomic E-state index is 0.155. The largest absolute Gasteiger partial charge is 0.351 e. The van der Waals surface area contributed by atoms with Gasteiger partial charge in [0.25, 0.3) is 0 Å². The fourth-order valence-corrected chi connectivity index (χ4v) is 2.90. The van der Waals surface area contributed by atoms with Crippen molar-refractivity contribution in [1.82, 2.24) is 0 Å². The minimum atomic E-state index is -0.511. The maximum absolute atomic E-state index is 13.3. The lowest BCUT2D eigenvalue weighted by Gasteiger charge is -2.02. The molecule has 1 heterocycles. The van der Waals surface area contributed by atoms with Crippen LogP contribution in [0.1, 0.15) is 26.3 Å². The second kappa shape index (κ2) is 4.34. The van der Waals surface area contributed by atoms with Gasteiger partial charge in [0, 0.05) is 17.6 Å². The lowest BCUT2D eigenvalue weighted by Crippen LogP contribution is -2.09. The summed E-state index contributed by atoms with van der Waals surface area (Å²) in [6.07, 6.45) is 0.263. The third-order valence-corrected chi connectivity index (χ3v) is 3.97. The Kier molecular flexibility index (Phi) is 2.54. The first-order chi connectivity index (χ1) is 10.5. The number of halogens is 2. The average molecular weight is 297 g/mol. The number of Topliss-reactive ketones (excluding diaryl/α,β-unsaturated/α-hetero) is 2. The van der Waals surface area contributed by atoms with Crippen LogP contribution in [-0.4, -0.2) is 11.6 Å². The Hall–Kier alpha value is -2.82. The number of hydrogen-bond acceptors (Lipinski definition) is 3. The van der Waals surface area contributed by atoms with Crippen molar-refractivity contribution in [2.75, 3.05) is 5.32 Å². The van der Waals surface area contributed by atoms with Crippen LogP contribution in [0.4, 0.5) is 14.5 Å². The van der Waals surface area contributed by atoms with Gasteiger partial charge in [0.2, 0.25) is 5.78 Å². The van der Waals surface area contributed by atoms with E-state index in [1.165, 1.54) is 24.3 Å². The molecule has 5 heteroatoms. The Balaban J connectivity index is 1.82. The number of hydrogen-bond donors (Lipinski definition) is 1. The van der Waals surface area contributed by atoms with Gasteiger partial charge in [-0.05, 0) is 35.9 Å². The van der Waals surface area contributed by atoms with Crippen molar-refractivity contribution in [3.05, 3.63) is 76.0 Å². The molecule has 0 radical (unpaired) electrons. The maximum atomic E-state index is 13.3. The summed E-state index contributed by atoms with van der Waals surface area (Å²) in [5, 5.41) is 2.88. The van der Waals surface area contributed by atoms with Gasteiger partial charge in [0.05, 0.1) is 16.9 Å². The van der Waals surface area contributed by atoms with Crippen molar-refractivity contribution in [1.29, 1.82) is 0 Å².